The molecular formula is C16H17ClO2. The average molecular weight is 277 g/mol. The van der Waals surface area contributed by atoms with Gasteiger partial charge in [-0.2, -0.15) is 0 Å². The number of aliphatic hydroxyl groups is 1. The van der Waals surface area contributed by atoms with Crippen molar-refractivity contribution in [1.29, 1.82) is 0 Å². The summed E-state index contributed by atoms with van der Waals surface area (Å²) in [5, 5.41) is 10.0. The van der Waals surface area contributed by atoms with E-state index in [0.717, 1.165) is 22.4 Å². The minimum absolute atomic E-state index is 0.499. The molecule has 0 heterocycles. The molecule has 0 aliphatic rings. The molecule has 0 saturated carbocycles. The van der Waals surface area contributed by atoms with Crippen molar-refractivity contribution in [2.75, 3.05) is 0 Å². The minimum atomic E-state index is -0.535. The Morgan fingerprint density at radius 2 is 1.79 bits per heavy atom. The fraction of sp³-hybridized carbons (Fsp3) is 0.250. The summed E-state index contributed by atoms with van der Waals surface area (Å²) in [4.78, 5) is 0. The van der Waals surface area contributed by atoms with Crippen molar-refractivity contribution < 1.29 is 9.84 Å². The van der Waals surface area contributed by atoms with Gasteiger partial charge in [-0.15, -0.1) is 0 Å². The summed E-state index contributed by atoms with van der Waals surface area (Å²) in [6.45, 7) is 5.72. The number of aliphatic hydroxyl groups excluding tert-OH is 1. The van der Waals surface area contributed by atoms with E-state index in [1.165, 1.54) is 0 Å². The van der Waals surface area contributed by atoms with Crippen LogP contribution in [-0.2, 0) is 0 Å². The molecule has 2 rings (SSSR count). The van der Waals surface area contributed by atoms with Gasteiger partial charge >= 0.3 is 0 Å². The maximum absolute atomic E-state index is 9.51. The first-order valence-electron chi connectivity index (χ1n) is 6.20. The average Bonchev–Trinajstić information content (AvgIpc) is 2.36. The molecule has 19 heavy (non-hydrogen) atoms. The third kappa shape index (κ3) is 3.28. The van der Waals surface area contributed by atoms with E-state index in [-0.39, 0.29) is 0 Å². The van der Waals surface area contributed by atoms with Crippen molar-refractivity contribution in [3.8, 4) is 11.5 Å². The van der Waals surface area contributed by atoms with Crippen molar-refractivity contribution in [3.63, 3.8) is 0 Å². The van der Waals surface area contributed by atoms with Gasteiger partial charge in [0.1, 0.15) is 11.5 Å². The molecule has 3 heteroatoms. The predicted molar refractivity (Wildman–Crippen MR) is 78.1 cm³/mol. The molecule has 0 aliphatic heterocycles. The molecule has 0 aromatic heterocycles. The Kier molecular flexibility index (Phi) is 4.13. The van der Waals surface area contributed by atoms with Crippen molar-refractivity contribution in [1.82, 2.24) is 0 Å². The first-order valence-corrected chi connectivity index (χ1v) is 6.58. The number of aryl methyl sites for hydroxylation is 2. The maximum atomic E-state index is 9.51. The molecule has 1 atom stereocenters. The van der Waals surface area contributed by atoms with Crippen LogP contribution in [0.5, 0.6) is 11.5 Å². The standard InChI is InChI=1S/C16H17ClO2/c1-10-4-5-11(2)16(8-10)19-15-7-6-13(12(3)18)9-14(15)17/h4-9,12,18H,1-3H3/t12-/m1/s1. The van der Waals surface area contributed by atoms with Gasteiger partial charge in [0.05, 0.1) is 11.1 Å². The number of ether oxygens (including phenoxy) is 1. The van der Waals surface area contributed by atoms with E-state index in [4.69, 9.17) is 16.3 Å². The number of hydrogen-bond acceptors (Lipinski definition) is 2. The zero-order chi connectivity index (χ0) is 14.0. The van der Waals surface area contributed by atoms with Gasteiger partial charge in [-0.05, 0) is 55.7 Å². The number of benzene rings is 2. The Labute approximate surface area is 118 Å². The molecule has 0 unspecified atom stereocenters. The SMILES string of the molecule is Cc1ccc(C)c(Oc2ccc([C@@H](C)O)cc2Cl)c1. The first kappa shape index (κ1) is 13.9. The van der Waals surface area contributed by atoms with Gasteiger partial charge in [-0.3, -0.25) is 0 Å². The van der Waals surface area contributed by atoms with Crippen molar-refractivity contribution >= 4 is 11.6 Å². The smallest absolute Gasteiger partial charge is 0.146 e. The fourth-order valence-corrected chi connectivity index (χ4v) is 2.02. The quantitative estimate of drug-likeness (QED) is 0.872. The molecule has 0 amide bonds. The van der Waals surface area contributed by atoms with E-state index in [1.807, 2.05) is 38.1 Å². The summed E-state index contributed by atoms with van der Waals surface area (Å²) in [5.74, 6) is 1.39. The van der Waals surface area contributed by atoms with E-state index in [0.29, 0.717) is 10.8 Å². The molecule has 0 radical (unpaired) electrons. The summed E-state index contributed by atoms with van der Waals surface area (Å²) < 4.78 is 5.84. The van der Waals surface area contributed by atoms with Crippen molar-refractivity contribution in [2.45, 2.75) is 26.9 Å². The summed E-state index contributed by atoms with van der Waals surface area (Å²) >= 11 is 6.18. The Morgan fingerprint density at radius 1 is 1.05 bits per heavy atom. The lowest BCUT2D eigenvalue weighted by molar-refractivity contribution is 0.199. The highest BCUT2D eigenvalue weighted by molar-refractivity contribution is 6.32. The number of hydrogen-bond donors (Lipinski definition) is 1. The van der Waals surface area contributed by atoms with Crippen molar-refractivity contribution in [2.24, 2.45) is 0 Å². The highest BCUT2D eigenvalue weighted by Gasteiger charge is 2.09. The lowest BCUT2D eigenvalue weighted by Gasteiger charge is -2.12. The molecular weight excluding hydrogens is 260 g/mol. The predicted octanol–water partition coefficient (Wildman–Crippen LogP) is 4.80. The van der Waals surface area contributed by atoms with E-state index >= 15 is 0 Å². The van der Waals surface area contributed by atoms with Crippen LogP contribution < -0.4 is 4.74 Å². The van der Waals surface area contributed by atoms with E-state index in [1.54, 1.807) is 19.1 Å². The van der Waals surface area contributed by atoms with Crippen LogP contribution in [0.3, 0.4) is 0 Å². The van der Waals surface area contributed by atoms with Crippen LogP contribution in [0, 0.1) is 13.8 Å². The molecule has 0 fully saturated rings. The third-order valence-electron chi connectivity index (χ3n) is 3.00. The molecule has 1 N–H and O–H groups in total. The minimum Gasteiger partial charge on any atom is -0.456 e. The fourth-order valence-electron chi connectivity index (χ4n) is 1.80. The summed E-state index contributed by atoms with van der Waals surface area (Å²) in [5.41, 5.74) is 2.97. The van der Waals surface area contributed by atoms with E-state index in [2.05, 4.69) is 0 Å². The number of halogens is 1. The molecule has 2 aromatic carbocycles. The van der Waals surface area contributed by atoms with Crippen molar-refractivity contribution in [3.05, 3.63) is 58.1 Å². The second-order valence-electron chi connectivity index (χ2n) is 4.74. The van der Waals surface area contributed by atoms with Crippen LogP contribution >= 0.6 is 11.6 Å². The lowest BCUT2D eigenvalue weighted by Crippen LogP contribution is -1.93. The zero-order valence-corrected chi connectivity index (χ0v) is 12.0. The van der Waals surface area contributed by atoms with Gasteiger partial charge in [0.15, 0.2) is 0 Å². The van der Waals surface area contributed by atoms with Gasteiger partial charge in [-0.25, -0.2) is 0 Å². The van der Waals surface area contributed by atoms with Crippen LogP contribution in [0.4, 0.5) is 0 Å². The van der Waals surface area contributed by atoms with Crippen LogP contribution in [0.1, 0.15) is 29.7 Å². The van der Waals surface area contributed by atoms with Gasteiger partial charge in [0.2, 0.25) is 0 Å². The molecule has 2 aromatic rings. The summed E-state index contributed by atoms with van der Waals surface area (Å²) in [7, 11) is 0. The van der Waals surface area contributed by atoms with Gasteiger partial charge in [-0.1, -0.05) is 29.8 Å². The Balaban J connectivity index is 2.31. The topological polar surface area (TPSA) is 29.5 Å². The molecule has 0 aliphatic carbocycles. The summed E-state index contributed by atoms with van der Waals surface area (Å²) in [6, 6.07) is 11.4. The Bertz CT molecular complexity index is 591. The second-order valence-corrected chi connectivity index (χ2v) is 5.14. The highest BCUT2D eigenvalue weighted by Crippen LogP contribution is 2.33. The first-order chi connectivity index (χ1) is 8.97. The molecule has 0 spiro atoms. The molecule has 0 bridgehead atoms. The normalized spacial score (nSPS) is 12.3. The van der Waals surface area contributed by atoms with Crippen LogP contribution in [0.25, 0.3) is 0 Å². The maximum Gasteiger partial charge on any atom is 0.146 e. The van der Waals surface area contributed by atoms with E-state index in [9.17, 15) is 5.11 Å². The number of rotatable bonds is 3. The highest BCUT2D eigenvalue weighted by atomic mass is 35.5. The van der Waals surface area contributed by atoms with E-state index < -0.39 is 6.10 Å². The zero-order valence-electron chi connectivity index (χ0n) is 11.3. The van der Waals surface area contributed by atoms with Crippen LogP contribution in [0.15, 0.2) is 36.4 Å². The largest absolute Gasteiger partial charge is 0.456 e. The van der Waals surface area contributed by atoms with Crippen LogP contribution in [-0.4, -0.2) is 5.11 Å². The molecule has 2 nitrogen and oxygen atoms in total. The van der Waals surface area contributed by atoms with Gasteiger partial charge < -0.3 is 9.84 Å². The third-order valence-corrected chi connectivity index (χ3v) is 3.30. The van der Waals surface area contributed by atoms with Crippen LogP contribution in [0.2, 0.25) is 5.02 Å². The lowest BCUT2D eigenvalue weighted by atomic mass is 10.1. The second kappa shape index (κ2) is 5.64. The Morgan fingerprint density at radius 3 is 2.42 bits per heavy atom. The van der Waals surface area contributed by atoms with Gasteiger partial charge in [0.25, 0.3) is 0 Å². The van der Waals surface area contributed by atoms with Gasteiger partial charge in [0, 0.05) is 0 Å². The monoisotopic (exact) mass is 276 g/mol. The summed E-state index contributed by atoms with van der Waals surface area (Å²) in [6.07, 6.45) is -0.535. The molecule has 100 valence electrons. The Hall–Kier alpha value is -1.51. The molecule has 0 saturated heterocycles.